The summed E-state index contributed by atoms with van der Waals surface area (Å²) in [7, 11) is 0. The number of anilines is 3. The van der Waals surface area contributed by atoms with Crippen molar-refractivity contribution in [1.82, 2.24) is 0 Å². The molecule has 1 aliphatic rings. The Morgan fingerprint density at radius 1 is 0.272 bits per heavy atom. The van der Waals surface area contributed by atoms with Gasteiger partial charge in [0, 0.05) is 16.6 Å². The van der Waals surface area contributed by atoms with Crippen LogP contribution in [0.1, 0.15) is 22.3 Å². The Bertz CT molecular complexity index is 4900. The van der Waals surface area contributed by atoms with Crippen molar-refractivity contribution >= 4 is 71.3 Å². The first-order valence-corrected chi connectivity index (χ1v) is 28.0. The maximum Gasteiger partial charge on any atom is 0.137 e. The fourth-order valence-corrected chi connectivity index (χ4v) is 13.5. The summed E-state index contributed by atoms with van der Waals surface area (Å²) in [4.78, 5) is 2.51. The Morgan fingerprint density at radius 3 is 1.64 bits per heavy atom. The minimum atomic E-state index is -0.692. The lowest BCUT2D eigenvalue weighted by molar-refractivity contribution is 0.669. The zero-order valence-corrected chi connectivity index (χ0v) is 44.3. The number of hydrogen-bond donors (Lipinski definition) is 0. The Balaban J connectivity index is 0.975. The van der Waals surface area contributed by atoms with Crippen molar-refractivity contribution in [2.24, 2.45) is 0 Å². The zero-order chi connectivity index (χ0) is 53.4. The molecule has 0 N–H and O–H groups in total. The van der Waals surface area contributed by atoms with Gasteiger partial charge < -0.3 is 9.32 Å². The largest absolute Gasteiger partial charge is 0.456 e. The molecule has 16 rings (SSSR count). The van der Waals surface area contributed by atoms with Crippen LogP contribution in [0.4, 0.5) is 17.1 Å². The van der Waals surface area contributed by atoms with E-state index in [2.05, 4.69) is 314 Å². The molecule has 1 atom stereocenters. The van der Waals surface area contributed by atoms with E-state index in [-0.39, 0.29) is 0 Å². The summed E-state index contributed by atoms with van der Waals surface area (Å²) >= 11 is 0. The molecule has 1 heterocycles. The highest BCUT2D eigenvalue weighted by Crippen LogP contribution is 2.58. The van der Waals surface area contributed by atoms with Crippen molar-refractivity contribution in [3.8, 4) is 55.6 Å². The molecule has 0 bridgehead atoms. The molecule has 1 aromatic heterocycles. The van der Waals surface area contributed by atoms with Gasteiger partial charge in [0.25, 0.3) is 0 Å². The topological polar surface area (TPSA) is 16.4 Å². The molecule has 1 aliphatic carbocycles. The van der Waals surface area contributed by atoms with E-state index < -0.39 is 5.41 Å². The Labute approximate surface area is 470 Å². The molecular weight excluding hydrogens is 979 g/mol. The number of fused-ring (bicyclic) bond motifs is 9. The SMILES string of the molecule is c1ccc(-c2ccc3oc4cccc(N(c5cccc(C6(c7ccccc7)c7ccccc7-c7ccc(-c8ccc9ccccc9c8)cc76)c5)c5ccccc5-c5ccccc5-c5c6ccccc6cc6ccccc56)c4c3c2)cc1. The molecule has 1 unspecified atom stereocenters. The third-order valence-electron chi connectivity index (χ3n) is 17.1. The summed E-state index contributed by atoms with van der Waals surface area (Å²) in [5.74, 6) is 0. The van der Waals surface area contributed by atoms with Gasteiger partial charge in [-0.1, -0.05) is 249 Å². The molecule has 0 radical (unpaired) electrons. The molecule has 0 amide bonds. The first kappa shape index (κ1) is 46.5. The van der Waals surface area contributed by atoms with E-state index in [0.717, 1.165) is 61.3 Å². The number of para-hydroxylation sites is 1. The smallest absolute Gasteiger partial charge is 0.137 e. The van der Waals surface area contributed by atoms with Gasteiger partial charge in [-0.3, -0.25) is 0 Å². The van der Waals surface area contributed by atoms with Gasteiger partial charge in [0.05, 0.1) is 22.2 Å². The molecule has 15 aromatic rings. The lowest BCUT2D eigenvalue weighted by Gasteiger charge is -2.35. The van der Waals surface area contributed by atoms with Crippen LogP contribution in [0.5, 0.6) is 0 Å². The van der Waals surface area contributed by atoms with Crippen LogP contribution in [-0.2, 0) is 5.41 Å². The van der Waals surface area contributed by atoms with Gasteiger partial charge in [-0.2, -0.15) is 0 Å². The predicted molar refractivity (Wildman–Crippen MR) is 340 cm³/mol. The van der Waals surface area contributed by atoms with E-state index in [9.17, 15) is 0 Å². The van der Waals surface area contributed by atoms with Crippen LogP contribution in [-0.4, -0.2) is 0 Å². The van der Waals surface area contributed by atoms with Gasteiger partial charge in [-0.25, -0.2) is 0 Å². The molecule has 81 heavy (non-hydrogen) atoms. The van der Waals surface area contributed by atoms with Gasteiger partial charge in [-0.15, -0.1) is 0 Å². The minimum absolute atomic E-state index is 0.692. The first-order valence-electron chi connectivity index (χ1n) is 28.0. The summed E-state index contributed by atoms with van der Waals surface area (Å²) in [6.45, 7) is 0. The molecule has 0 aliphatic heterocycles. The fraction of sp³-hybridized carbons (Fsp3) is 0.0127. The first-order chi connectivity index (χ1) is 40.2. The third-order valence-corrected chi connectivity index (χ3v) is 17.1. The van der Waals surface area contributed by atoms with Crippen LogP contribution in [0.3, 0.4) is 0 Å². The number of rotatable bonds is 9. The quantitative estimate of drug-likeness (QED) is 0.134. The van der Waals surface area contributed by atoms with E-state index in [1.807, 2.05) is 0 Å². The summed E-state index contributed by atoms with van der Waals surface area (Å²) in [5, 5.41) is 9.45. The molecule has 2 heteroatoms. The van der Waals surface area contributed by atoms with Crippen molar-refractivity contribution in [1.29, 1.82) is 0 Å². The second-order valence-corrected chi connectivity index (χ2v) is 21.5. The summed E-state index contributed by atoms with van der Waals surface area (Å²) in [6, 6.07) is 114. The van der Waals surface area contributed by atoms with Gasteiger partial charge in [0.1, 0.15) is 11.2 Å². The molecular formula is C79H51NO. The van der Waals surface area contributed by atoms with Crippen molar-refractivity contribution in [3.05, 3.63) is 332 Å². The van der Waals surface area contributed by atoms with Crippen molar-refractivity contribution < 1.29 is 4.42 Å². The number of nitrogens with zero attached hydrogens (tertiary/aromatic N) is 1. The van der Waals surface area contributed by atoms with Crippen molar-refractivity contribution in [3.63, 3.8) is 0 Å². The number of furan rings is 1. The van der Waals surface area contributed by atoms with Crippen LogP contribution in [0.2, 0.25) is 0 Å². The highest BCUT2D eigenvalue weighted by Gasteiger charge is 2.46. The standard InChI is InChI=1S/C79H51NO/c1-3-21-52(22-4-1)56-44-46-75-70(49-56)78-74(39-20-40-76(78)81-75)80(73-38-18-16-35-68(73)65-33-13-14-36-69(65)77-63-31-11-9-25-58(63)48-59-26-10-12-32-64(59)77)62-30-19-29-61(51-62)79(60-27-5-2-6-28-60)71-37-17-15-34-66(71)67-45-43-57(50-72(67)79)55-42-41-53-23-7-8-24-54(53)47-55/h1-51H. The Kier molecular flexibility index (Phi) is 10.8. The second kappa shape index (κ2) is 18.8. The maximum absolute atomic E-state index is 6.88. The number of hydrogen-bond acceptors (Lipinski definition) is 2. The average Bonchev–Trinajstić information content (AvgIpc) is 2.79. The highest BCUT2D eigenvalue weighted by atomic mass is 16.3. The number of benzene rings is 14. The van der Waals surface area contributed by atoms with Gasteiger partial charge in [0.2, 0.25) is 0 Å². The molecule has 0 spiro atoms. The van der Waals surface area contributed by atoms with Gasteiger partial charge in [-0.05, 0) is 165 Å². The Hall–Kier alpha value is -10.5. The van der Waals surface area contributed by atoms with E-state index in [1.54, 1.807) is 0 Å². The van der Waals surface area contributed by atoms with E-state index in [0.29, 0.717) is 0 Å². The van der Waals surface area contributed by atoms with Crippen molar-refractivity contribution in [2.75, 3.05) is 4.90 Å². The Morgan fingerprint density at radius 2 is 0.840 bits per heavy atom. The summed E-state index contributed by atoms with van der Waals surface area (Å²) in [5.41, 5.74) is 20.8. The maximum atomic E-state index is 6.88. The average molecular weight is 1030 g/mol. The van der Waals surface area contributed by atoms with Crippen LogP contribution >= 0.6 is 0 Å². The second-order valence-electron chi connectivity index (χ2n) is 21.5. The van der Waals surface area contributed by atoms with Gasteiger partial charge >= 0.3 is 0 Å². The van der Waals surface area contributed by atoms with Crippen LogP contribution < -0.4 is 4.90 Å². The fourth-order valence-electron chi connectivity index (χ4n) is 13.5. The zero-order valence-electron chi connectivity index (χ0n) is 44.3. The molecule has 2 nitrogen and oxygen atoms in total. The molecule has 0 saturated carbocycles. The monoisotopic (exact) mass is 1030 g/mol. The minimum Gasteiger partial charge on any atom is -0.456 e. The van der Waals surface area contributed by atoms with Crippen LogP contribution in [0, 0.1) is 0 Å². The predicted octanol–water partition coefficient (Wildman–Crippen LogP) is 21.5. The van der Waals surface area contributed by atoms with Gasteiger partial charge in [0.15, 0.2) is 0 Å². The van der Waals surface area contributed by atoms with E-state index in [1.165, 1.54) is 88.0 Å². The summed E-state index contributed by atoms with van der Waals surface area (Å²) in [6.07, 6.45) is 0. The lowest BCUT2D eigenvalue weighted by Crippen LogP contribution is -2.29. The lowest BCUT2D eigenvalue weighted by atomic mass is 9.67. The van der Waals surface area contributed by atoms with Crippen LogP contribution in [0.25, 0.3) is 110 Å². The van der Waals surface area contributed by atoms with E-state index >= 15 is 0 Å². The highest BCUT2D eigenvalue weighted by molar-refractivity contribution is 6.17. The summed E-state index contributed by atoms with van der Waals surface area (Å²) < 4.78 is 6.88. The van der Waals surface area contributed by atoms with Crippen LogP contribution in [0.15, 0.2) is 314 Å². The normalized spacial score (nSPS) is 13.7. The molecule has 14 aromatic carbocycles. The third kappa shape index (κ3) is 7.42. The molecule has 0 saturated heterocycles. The van der Waals surface area contributed by atoms with Crippen molar-refractivity contribution in [2.45, 2.75) is 5.41 Å². The molecule has 0 fully saturated rings. The van der Waals surface area contributed by atoms with E-state index in [4.69, 9.17) is 4.42 Å². The molecule has 378 valence electrons.